The van der Waals surface area contributed by atoms with Crippen molar-refractivity contribution in [3.05, 3.63) is 70.4 Å². The molecule has 3 nitrogen and oxygen atoms in total. The number of nitrogens with one attached hydrogen (secondary N) is 1. The van der Waals surface area contributed by atoms with E-state index in [-0.39, 0.29) is 10.5 Å². The van der Waals surface area contributed by atoms with Gasteiger partial charge in [0.05, 0.1) is 21.7 Å². The molecule has 3 aromatic rings. The third-order valence-corrected chi connectivity index (χ3v) is 5.65. The van der Waals surface area contributed by atoms with Crippen LogP contribution in [-0.4, -0.2) is 29.5 Å². The Labute approximate surface area is 198 Å². The van der Waals surface area contributed by atoms with Gasteiger partial charge in [-0.25, -0.2) is 0 Å². The molecule has 0 unspecified atom stereocenters. The number of alkyl halides is 6. The highest BCUT2D eigenvalue weighted by molar-refractivity contribution is 6.31. The lowest BCUT2D eigenvalue weighted by Gasteiger charge is -2.23. The van der Waals surface area contributed by atoms with Gasteiger partial charge in [0.2, 0.25) is 0 Å². The minimum absolute atomic E-state index is 0.246. The standard InChI is InChI=1S/C24H24ClF6N3/c1-2-11-34(15-16-4-7-20(25)19(13-16)24(29,30)31)12-3-9-32-21-8-10-33-22-14-17(23(26,27)28)5-6-18(21)22/h4-8,10,13-14H,2-3,9,11-12,15H2,1H3,(H,32,33). The van der Waals surface area contributed by atoms with Crippen LogP contribution in [0.5, 0.6) is 0 Å². The van der Waals surface area contributed by atoms with Crippen molar-refractivity contribution in [1.82, 2.24) is 9.88 Å². The van der Waals surface area contributed by atoms with E-state index in [0.29, 0.717) is 49.2 Å². The van der Waals surface area contributed by atoms with Crippen molar-refractivity contribution in [3.63, 3.8) is 0 Å². The lowest BCUT2D eigenvalue weighted by molar-refractivity contribution is -0.138. The molecule has 10 heteroatoms. The molecule has 0 amide bonds. The number of fused-ring (bicyclic) bond motifs is 1. The van der Waals surface area contributed by atoms with Crippen LogP contribution in [0.25, 0.3) is 10.9 Å². The van der Waals surface area contributed by atoms with E-state index in [9.17, 15) is 26.3 Å². The first-order valence-electron chi connectivity index (χ1n) is 10.8. The molecule has 1 aromatic heterocycles. The smallest absolute Gasteiger partial charge is 0.384 e. The van der Waals surface area contributed by atoms with E-state index in [0.717, 1.165) is 24.6 Å². The summed E-state index contributed by atoms with van der Waals surface area (Å²) in [5.41, 5.74) is -0.151. The molecule has 0 saturated heterocycles. The zero-order chi connectivity index (χ0) is 24.9. The number of pyridine rings is 1. The Bertz CT molecular complexity index is 1110. The molecule has 0 radical (unpaired) electrons. The highest BCUT2D eigenvalue weighted by Crippen LogP contribution is 2.35. The second kappa shape index (κ2) is 10.8. The van der Waals surface area contributed by atoms with E-state index in [1.165, 1.54) is 18.3 Å². The molecule has 0 aliphatic carbocycles. The molecule has 0 bridgehead atoms. The van der Waals surface area contributed by atoms with E-state index in [1.807, 2.05) is 6.92 Å². The van der Waals surface area contributed by atoms with Gasteiger partial charge in [-0.1, -0.05) is 30.7 Å². The van der Waals surface area contributed by atoms with Gasteiger partial charge in [0.1, 0.15) is 0 Å². The topological polar surface area (TPSA) is 28.2 Å². The van der Waals surface area contributed by atoms with Crippen molar-refractivity contribution in [2.75, 3.05) is 25.0 Å². The molecule has 0 aliphatic heterocycles. The number of benzene rings is 2. The largest absolute Gasteiger partial charge is 0.417 e. The van der Waals surface area contributed by atoms with Crippen LogP contribution >= 0.6 is 11.6 Å². The van der Waals surface area contributed by atoms with E-state index in [2.05, 4.69) is 15.2 Å². The Morgan fingerprint density at radius 3 is 2.38 bits per heavy atom. The number of hydrogen-bond acceptors (Lipinski definition) is 3. The average Bonchev–Trinajstić information content (AvgIpc) is 2.76. The monoisotopic (exact) mass is 503 g/mol. The van der Waals surface area contributed by atoms with Crippen LogP contribution in [0.2, 0.25) is 5.02 Å². The fraction of sp³-hybridized carbons (Fsp3) is 0.375. The average molecular weight is 504 g/mol. The van der Waals surface area contributed by atoms with Gasteiger partial charge < -0.3 is 5.32 Å². The van der Waals surface area contributed by atoms with E-state index in [4.69, 9.17) is 11.6 Å². The van der Waals surface area contributed by atoms with Crippen molar-refractivity contribution in [2.45, 2.75) is 38.7 Å². The van der Waals surface area contributed by atoms with Crippen LogP contribution in [0.1, 0.15) is 36.5 Å². The van der Waals surface area contributed by atoms with Crippen LogP contribution in [0.15, 0.2) is 48.7 Å². The summed E-state index contributed by atoms with van der Waals surface area (Å²) in [6.45, 7) is 4.22. The van der Waals surface area contributed by atoms with Gasteiger partial charge >= 0.3 is 12.4 Å². The van der Waals surface area contributed by atoms with E-state index in [1.54, 1.807) is 12.1 Å². The summed E-state index contributed by atoms with van der Waals surface area (Å²) >= 11 is 5.71. The maximum atomic E-state index is 13.1. The zero-order valence-corrected chi connectivity index (χ0v) is 19.2. The Balaban J connectivity index is 1.62. The number of nitrogens with zero attached hydrogens (tertiary/aromatic N) is 2. The fourth-order valence-electron chi connectivity index (χ4n) is 3.74. The molecule has 3 rings (SSSR count). The molecule has 0 atom stereocenters. The fourth-order valence-corrected chi connectivity index (χ4v) is 3.96. The summed E-state index contributed by atoms with van der Waals surface area (Å²) in [5, 5.41) is 3.49. The molecule has 184 valence electrons. The van der Waals surface area contributed by atoms with Crippen LogP contribution in [0, 0.1) is 0 Å². The predicted molar refractivity (Wildman–Crippen MR) is 122 cm³/mol. The summed E-state index contributed by atoms with van der Waals surface area (Å²) in [6, 6.07) is 9.09. The number of rotatable bonds is 9. The molecular weight excluding hydrogens is 480 g/mol. The molecule has 0 spiro atoms. The second-order valence-electron chi connectivity index (χ2n) is 7.96. The lowest BCUT2D eigenvalue weighted by Crippen LogP contribution is -2.27. The van der Waals surface area contributed by atoms with E-state index >= 15 is 0 Å². The zero-order valence-electron chi connectivity index (χ0n) is 18.4. The number of hydrogen-bond donors (Lipinski definition) is 1. The lowest BCUT2D eigenvalue weighted by atomic mass is 10.1. The van der Waals surface area contributed by atoms with Gasteiger partial charge in [-0.2, -0.15) is 26.3 Å². The van der Waals surface area contributed by atoms with Gasteiger partial charge in [0, 0.05) is 36.9 Å². The van der Waals surface area contributed by atoms with Crippen LogP contribution in [0.4, 0.5) is 32.0 Å². The maximum absolute atomic E-state index is 13.1. The molecule has 2 aromatic carbocycles. The quantitative estimate of drug-likeness (QED) is 0.240. The third kappa shape index (κ3) is 6.76. The summed E-state index contributed by atoms with van der Waals surface area (Å²) in [5.74, 6) is 0. The predicted octanol–water partition coefficient (Wildman–Crippen LogP) is 7.64. The Morgan fingerprint density at radius 1 is 0.941 bits per heavy atom. The molecule has 0 aliphatic rings. The third-order valence-electron chi connectivity index (χ3n) is 5.32. The summed E-state index contributed by atoms with van der Waals surface area (Å²) in [4.78, 5) is 6.10. The van der Waals surface area contributed by atoms with Gasteiger partial charge in [-0.15, -0.1) is 0 Å². The minimum Gasteiger partial charge on any atom is -0.384 e. The Hall–Kier alpha value is -2.52. The van der Waals surface area contributed by atoms with Crippen molar-refractivity contribution >= 4 is 28.2 Å². The molecule has 1 heterocycles. The number of anilines is 1. The van der Waals surface area contributed by atoms with Crippen LogP contribution in [-0.2, 0) is 18.9 Å². The van der Waals surface area contributed by atoms with Gasteiger partial charge in [-0.05, 0) is 55.3 Å². The van der Waals surface area contributed by atoms with Gasteiger partial charge in [-0.3, -0.25) is 9.88 Å². The maximum Gasteiger partial charge on any atom is 0.417 e. The Kier molecular flexibility index (Phi) is 8.30. The molecule has 34 heavy (non-hydrogen) atoms. The molecular formula is C24H24ClF6N3. The normalized spacial score (nSPS) is 12.5. The van der Waals surface area contributed by atoms with Gasteiger partial charge in [0.25, 0.3) is 0 Å². The Morgan fingerprint density at radius 2 is 1.71 bits per heavy atom. The number of aromatic nitrogens is 1. The van der Waals surface area contributed by atoms with Gasteiger partial charge in [0.15, 0.2) is 0 Å². The number of halogens is 7. The van der Waals surface area contributed by atoms with E-state index < -0.39 is 23.5 Å². The van der Waals surface area contributed by atoms with Crippen molar-refractivity contribution in [3.8, 4) is 0 Å². The summed E-state index contributed by atoms with van der Waals surface area (Å²) in [6.07, 6.45) is -5.98. The highest BCUT2D eigenvalue weighted by Gasteiger charge is 2.33. The highest BCUT2D eigenvalue weighted by atomic mass is 35.5. The molecule has 0 saturated carbocycles. The summed E-state index contributed by atoms with van der Waals surface area (Å²) in [7, 11) is 0. The first-order valence-corrected chi connectivity index (χ1v) is 11.1. The first-order chi connectivity index (χ1) is 16.0. The molecule has 0 fully saturated rings. The van der Waals surface area contributed by atoms with Crippen molar-refractivity contribution in [1.29, 1.82) is 0 Å². The summed E-state index contributed by atoms with van der Waals surface area (Å²) < 4.78 is 78.3. The van der Waals surface area contributed by atoms with Crippen LogP contribution < -0.4 is 5.32 Å². The van der Waals surface area contributed by atoms with Crippen molar-refractivity contribution < 1.29 is 26.3 Å². The first kappa shape index (κ1) is 26.1. The van der Waals surface area contributed by atoms with Crippen molar-refractivity contribution in [2.24, 2.45) is 0 Å². The molecule has 1 N–H and O–H groups in total. The SMILES string of the molecule is CCCN(CCCNc1ccnc2cc(C(F)(F)F)ccc12)Cc1ccc(Cl)c(C(F)(F)F)c1. The second-order valence-corrected chi connectivity index (χ2v) is 8.36. The minimum atomic E-state index is -4.51. The van der Waals surface area contributed by atoms with Crippen LogP contribution in [0.3, 0.4) is 0 Å².